The Labute approximate surface area is 163 Å². The summed E-state index contributed by atoms with van der Waals surface area (Å²) in [6.07, 6.45) is 10.8. The molecule has 4 nitrogen and oxygen atoms in total. The fourth-order valence-electron chi connectivity index (χ4n) is 4.00. The van der Waals surface area contributed by atoms with Crippen LogP contribution in [0.4, 0.5) is 0 Å². The summed E-state index contributed by atoms with van der Waals surface area (Å²) >= 11 is 1.81. The SMILES string of the molecule is O=C(c1ccc(-c2nc3c(s2)CCN(C2=CC=C2)CC3)cc1)N1CCCC1. The topological polar surface area (TPSA) is 36.4 Å². The lowest BCUT2D eigenvalue weighted by Crippen LogP contribution is -2.27. The van der Waals surface area contributed by atoms with Crippen molar-refractivity contribution in [1.29, 1.82) is 0 Å². The van der Waals surface area contributed by atoms with Gasteiger partial charge in [0.25, 0.3) is 5.91 Å². The van der Waals surface area contributed by atoms with Gasteiger partial charge in [0.15, 0.2) is 0 Å². The monoisotopic (exact) mass is 377 g/mol. The van der Waals surface area contributed by atoms with Crippen molar-refractivity contribution in [2.24, 2.45) is 0 Å². The predicted molar refractivity (Wildman–Crippen MR) is 109 cm³/mol. The molecular weight excluding hydrogens is 354 g/mol. The second kappa shape index (κ2) is 6.97. The van der Waals surface area contributed by atoms with Crippen LogP contribution in [-0.4, -0.2) is 46.9 Å². The third-order valence-electron chi connectivity index (χ3n) is 5.68. The average molecular weight is 378 g/mol. The maximum absolute atomic E-state index is 12.5. The summed E-state index contributed by atoms with van der Waals surface area (Å²) in [5.41, 5.74) is 4.51. The van der Waals surface area contributed by atoms with Crippen LogP contribution < -0.4 is 0 Å². The number of thiazole rings is 1. The predicted octanol–water partition coefficient (Wildman–Crippen LogP) is 3.90. The van der Waals surface area contributed by atoms with Gasteiger partial charge in [0.05, 0.1) is 5.69 Å². The number of benzene rings is 1. The van der Waals surface area contributed by atoms with Crippen LogP contribution in [0.1, 0.15) is 33.8 Å². The number of carbonyl (C=O) groups is 1. The normalized spacial score (nSPS) is 18.7. The number of likely N-dealkylation sites (tertiary alicyclic amines) is 1. The van der Waals surface area contributed by atoms with Crippen LogP contribution in [0.25, 0.3) is 10.6 Å². The maximum atomic E-state index is 12.5. The van der Waals surface area contributed by atoms with Crippen LogP contribution in [0.3, 0.4) is 0 Å². The highest BCUT2D eigenvalue weighted by molar-refractivity contribution is 7.15. The number of rotatable bonds is 3. The summed E-state index contributed by atoms with van der Waals surface area (Å²) in [6, 6.07) is 8.02. The van der Waals surface area contributed by atoms with Crippen LogP contribution in [0, 0.1) is 0 Å². The molecule has 1 aromatic heterocycles. The molecule has 1 saturated heterocycles. The van der Waals surface area contributed by atoms with Gasteiger partial charge >= 0.3 is 0 Å². The summed E-state index contributed by atoms with van der Waals surface area (Å²) in [5.74, 6) is 0.161. The van der Waals surface area contributed by atoms with Crippen molar-refractivity contribution < 1.29 is 4.79 Å². The summed E-state index contributed by atoms with van der Waals surface area (Å²) in [7, 11) is 0. The molecule has 0 N–H and O–H groups in total. The zero-order valence-electron chi connectivity index (χ0n) is 15.4. The molecule has 138 valence electrons. The molecule has 1 amide bonds. The van der Waals surface area contributed by atoms with Crippen molar-refractivity contribution in [1.82, 2.24) is 14.8 Å². The number of allylic oxidation sites excluding steroid dienone is 3. The molecule has 0 radical (unpaired) electrons. The van der Waals surface area contributed by atoms with Crippen LogP contribution in [0.2, 0.25) is 0 Å². The molecule has 3 aliphatic rings. The smallest absolute Gasteiger partial charge is 0.253 e. The van der Waals surface area contributed by atoms with E-state index in [4.69, 9.17) is 4.98 Å². The van der Waals surface area contributed by atoms with Crippen LogP contribution in [0.15, 0.2) is 48.2 Å². The lowest BCUT2D eigenvalue weighted by atomic mass is 10.1. The van der Waals surface area contributed by atoms with E-state index in [1.807, 2.05) is 28.4 Å². The lowest BCUT2D eigenvalue weighted by molar-refractivity contribution is 0.0793. The minimum atomic E-state index is 0.161. The van der Waals surface area contributed by atoms with Gasteiger partial charge in [-0.3, -0.25) is 4.79 Å². The molecule has 5 rings (SSSR count). The Hall–Kier alpha value is -2.40. The molecule has 0 unspecified atom stereocenters. The van der Waals surface area contributed by atoms with E-state index in [2.05, 4.69) is 35.3 Å². The number of amides is 1. The Kier molecular flexibility index (Phi) is 4.32. The molecule has 2 aliphatic heterocycles. The van der Waals surface area contributed by atoms with Crippen LogP contribution >= 0.6 is 11.3 Å². The Balaban J connectivity index is 1.31. The Morgan fingerprint density at radius 2 is 1.74 bits per heavy atom. The third kappa shape index (κ3) is 3.21. The summed E-state index contributed by atoms with van der Waals surface area (Å²) in [5, 5.41) is 1.08. The lowest BCUT2D eigenvalue weighted by Gasteiger charge is -2.26. The molecule has 27 heavy (non-hydrogen) atoms. The largest absolute Gasteiger partial charge is 0.371 e. The molecule has 3 heterocycles. The molecule has 2 aromatic rings. The first kappa shape index (κ1) is 16.8. The highest BCUT2D eigenvalue weighted by Crippen LogP contribution is 2.31. The molecule has 5 heteroatoms. The number of aromatic nitrogens is 1. The van der Waals surface area contributed by atoms with Crippen LogP contribution in [-0.2, 0) is 12.8 Å². The Bertz CT molecular complexity index is 894. The van der Waals surface area contributed by atoms with E-state index in [0.29, 0.717) is 0 Å². The number of hydrogen-bond acceptors (Lipinski definition) is 4. The van der Waals surface area contributed by atoms with Gasteiger partial charge < -0.3 is 9.80 Å². The standard InChI is InChI=1S/C22H23N3OS/c26-22(25-12-1-2-13-25)17-8-6-16(7-9-17)21-23-19-10-14-24(18-4-3-5-18)15-11-20(19)27-21/h3-9H,1-2,10-15H2. The van der Waals surface area contributed by atoms with Gasteiger partial charge in [-0.25, -0.2) is 4.98 Å². The highest BCUT2D eigenvalue weighted by atomic mass is 32.1. The van der Waals surface area contributed by atoms with Crippen molar-refractivity contribution in [3.05, 3.63) is 64.3 Å². The molecule has 0 spiro atoms. The fraction of sp³-hybridized carbons (Fsp3) is 0.364. The van der Waals surface area contributed by atoms with E-state index < -0.39 is 0 Å². The van der Waals surface area contributed by atoms with Crippen molar-refractivity contribution in [2.75, 3.05) is 26.2 Å². The minimum Gasteiger partial charge on any atom is -0.371 e. The van der Waals surface area contributed by atoms with Crippen LogP contribution in [0.5, 0.6) is 0 Å². The highest BCUT2D eigenvalue weighted by Gasteiger charge is 2.22. The van der Waals surface area contributed by atoms with E-state index in [1.54, 1.807) is 0 Å². The number of nitrogens with zero attached hydrogens (tertiary/aromatic N) is 3. The van der Waals surface area contributed by atoms with E-state index in [0.717, 1.165) is 68.0 Å². The Morgan fingerprint density at radius 3 is 2.44 bits per heavy atom. The van der Waals surface area contributed by atoms with Crippen molar-refractivity contribution >= 4 is 17.2 Å². The fourth-order valence-corrected chi connectivity index (χ4v) is 5.10. The van der Waals surface area contributed by atoms with Crippen molar-refractivity contribution in [3.8, 4) is 10.6 Å². The quantitative estimate of drug-likeness (QED) is 0.814. The van der Waals surface area contributed by atoms with Gasteiger partial charge in [0.1, 0.15) is 5.01 Å². The van der Waals surface area contributed by atoms with E-state index in [9.17, 15) is 4.79 Å². The van der Waals surface area contributed by atoms with E-state index in [-0.39, 0.29) is 5.91 Å². The van der Waals surface area contributed by atoms with Gasteiger partial charge in [-0.15, -0.1) is 11.3 Å². The zero-order valence-corrected chi connectivity index (χ0v) is 16.2. The van der Waals surface area contributed by atoms with E-state index >= 15 is 0 Å². The molecule has 0 atom stereocenters. The van der Waals surface area contributed by atoms with Gasteiger partial charge in [-0.05, 0) is 37.1 Å². The average Bonchev–Trinajstić information content (AvgIpc) is 3.29. The molecule has 0 saturated carbocycles. The first-order valence-corrected chi connectivity index (χ1v) is 10.6. The molecule has 1 aliphatic carbocycles. The molecule has 1 aromatic carbocycles. The third-order valence-corrected chi connectivity index (χ3v) is 6.88. The van der Waals surface area contributed by atoms with Crippen molar-refractivity contribution in [3.63, 3.8) is 0 Å². The second-order valence-corrected chi connectivity index (χ2v) is 8.49. The van der Waals surface area contributed by atoms with Gasteiger partial charge in [-0.2, -0.15) is 0 Å². The number of fused-ring (bicyclic) bond motifs is 1. The number of hydrogen-bond donors (Lipinski definition) is 0. The first-order chi connectivity index (χ1) is 13.3. The summed E-state index contributed by atoms with van der Waals surface area (Å²) < 4.78 is 0. The Morgan fingerprint density at radius 1 is 1.00 bits per heavy atom. The number of carbonyl (C=O) groups excluding carboxylic acids is 1. The molecular formula is C22H23N3OS. The summed E-state index contributed by atoms with van der Waals surface area (Å²) in [6.45, 7) is 3.89. The van der Waals surface area contributed by atoms with Gasteiger partial charge in [0.2, 0.25) is 0 Å². The first-order valence-electron chi connectivity index (χ1n) is 9.79. The zero-order chi connectivity index (χ0) is 18.2. The molecule has 1 fully saturated rings. The van der Waals surface area contributed by atoms with Gasteiger partial charge in [0, 0.05) is 60.7 Å². The van der Waals surface area contributed by atoms with E-state index in [1.165, 1.54) is 16.3 Å². The summed E-state index contributed by atoms with van der Waals surface area (Å²) in [4.78, 5) is 23.3. The molecule has 0 bridgehead atoms. The maximum Gasteiger partial charge on any atom is 0.253 e. The second-order valence-electron chi connectivity index (χ2n) is 7.40. The minimum absolute atomic E-state index is 0.161. The van der Waals surface area contributed by atoms with Crippen molar-refractivity contribution in [2.45, 2.75) is 25.7 Å². The van der Waals surface area contributed by atoms with Gasteiger partial charge in [-0.1, -0.05) is 18.2 Å².